The molecule has 214 valence electrons. The van der Waals surface area contributed by atoms with E-state index >= 15 is 0 Å². The van der Waals surface area contributed by atoms with Gasteiger partial charge in [0.15, 0.2) is 0 Å². The van der Waals surface area contributed by atoms with Crippen LogP contribution in [0.4, 0.5) is 0 Å². The standard InChI is InChI=1S/C32H33Cl2N3O4/c1-2-3-18-35-30(39)28(20-22-11-5-4-6-12-22)37(21-25-26(33)15-9-16-27(25)34)29(38)17-10-19-36-31(40)23-13-7-8-14-24(23)32(36)41/h4-9,11-16,28H,2-3,10,17-21H2,1H3,(H,35,39)/t28-/m0/s1. The Morgan fingerprint density at radius 3 is 2.07 bits per heavy atom. The highest BCUT2D eigenvalue weighted by atomic mass is 35.5. The Kier molecular flexibility index (Phi) is 10.6. The maximum absolute atomic E-state index is 13.9. The van der Waals surface area contributed by atoms with Crippen LogP contribution in [-0.2, 0) is 22.6 Å². The molecule has 0 saturated heterocycles. The number of fused-ring (bicyclic) bond motifs is 1. The molecule has 0 spiro atoms. The van der Waals surface area contributed by atoms with Gasteiger partial charge in [0.05, 0.1) is 11.1 Å². The van der Waals surface area contributed by atoms with Crippen molar-refractivity contribution in [1.29, 1.82) is 0 Å². The molecule has 1 heterocycles. The molecule has 3 aromatic rings. The van der Waals surface area contributed by atoms with E-state index in [0.717, 1.165) is 18.4 Å². The highest BCUT2D eigenvalue weighted by Gasteiger charge is 2.35. The quantitative estimate of drug-likeness (QED) is 0.197. The monoisotopic (exact) mass is 593 g/mol. The molecule has 0 fully saturated rings. The molecule has 0 saturated carbocycles. The average Bonchev–Trinajstić information content (AvgIpc) is 3.21. The van der Waals surface area contributed by atoms with E-state index in [9.17, 15) is 19.2 Å². The van der Waals surface area contributed by atoms with Crippen LogP contribution in [0.5, 0.6) is 0 Å². The Morgan fingerprint density at radius 1 is 0.854 bits per heavy atom. The van der Waals surface area contributed by atoms with Crippen LogP contribution in [-0.4, -0.2) is 52.6 Å². The third-order valence-corrected chi connectivity index (χ3v) is 7.85. The first-order chi connectivity index (χ1) is 19.8. The molecule has 0 aliphatic carbocycles. The van der Waals surface area contributed by atoms with E-state index in [1.165, 1.54) is 9.80 Å². The molecule has 1 aliphatic heterocycles. The number of nitrogens with zero attached hydrogens (tertiary/aromatic N) is 2. The largest absolute Gasteiger partial charge is 0.354 e. The number of amides is 4. The molecule has 0 unspecified atom stereocenters. The van der Waals surface area contributed by atoms with Crippen molar-refractivity contribution >= 4 is 46.8 Å². The fourth-order valence-electron chi connectivity index (χ4n) is 4.89. The number of carbonyl (C=O) groups is 4. The van der Waals surface area contributed by atoms with E-state index in [1.807, 2.05) is 37.3 Å². The zero-order valence-electron chi connectivity index (χ0n) is 22.9. The second-order valence-electron chi connectivity index (χ2n) is 9.98. The van der Waals surface area contributed by atoms with Crippen LogP contribution < -0.4 is 5.32 Å². The van der Waals surface area contributed by atoms with Gasteiger partial charge in [-0.05, 0) is 42.7 Å². The maximum Gasteiger partial charge on any atom is 0.261 e. The predicted octanol–water partition coefficient (Wildman–Crippen LogP) is 5.93. The fraction of sp³-hybridized carbons (Fsp3) is 0.312. The lowest BCUT2D eigenvalue weighted by atomic mass is 10.0. The number of imide groups is 1. The molecule has 1 aliphatic rings. The molecule has 0 bridgehead atoms. The summed E-state index contributed by atoms with van der Waals surface area (Å²) in [7, 11) is 0. The Labute approximate surface area is 250 Å². The van der Waals surface area contributed by atoms with E-state index in [2.05, 4.69) is 5.32 Å². The summed E-state index contributed by atoms with van der Waals surface area (Å²) in [6.45, 7) is 2.65. The van der Waals surface area contributed by atoms with Gasteiger partial charge in [-0.1, -0.05) is 85.1 Å². The Morgan fingerprint density at radius 2 is 1.46 bits per heavy atom. The van der Waals surface area contributed by atoms with E-state index in [-0.39, 0.29) is 49.6 Å². The van der Waals surface area contributed by atoms with Crippen molar-refractivity contribution in [3.63, 3.8) is 0 Å². The molecule has 0 aromatic heterocycles. The lowest BCUT2D eigenvalue weighted by Gasteiger charge is -2.32. The molecular weight excluding hydrogens is 561 g/mol. The maximum atomic E-state index is 13.9. The Bertz CT molecular complexity index is 1360. The molecule has 7 nitrogen and oxygen atoms in total. The third-order valence-electron chi connectivity index (χ3n) is 7.14. The predicted molar refractivity (Wildman–Crippen MR) is 160 cm³/mol. The molecule has 3 aromatic carbocycles. The summed E-state index contributed by atoms with van der Waals surface area (Å²) in [5, 5.41) is 3.77. The molecule has 4 rings (SSSR count). The van der Waals surface area contributed by atoms with Crippen molar-refractivity contribution in [2.75, 3.05) is 13.1 Å². The van der Waals surface area contributed by atoms with Gasteiger partial charge in [0.25, 0.3) is 11.8 Å². The number of carbonyl (C=O) groups excluding carboxylic acids is 4. The van der Waals surface area contributed by atoms with Gasteiger partial charge in [0.1, 0.15) is 6.04 Å². The van der Waals surface area contributed by atoms with Gasteiger partial charge in [0.2, 0.25) is 11.8 Å². The summed E-state index contributed by atoms with van der Waals surface area (Å²) in [5.74, 6) is -1.30. The minimum absolute atomic E-state index is 0.0169. The van der Waals surface area contributed by atoms with Gasteiger partial charge < -0.3 is 10.2 Å². The normalized spacial score (nSPS) is 13.2. The van der Waals surface area contributed by atoms with Crippen molar-refractivity contribution in [2.45, 2.75) is 51.6 Å². The minimum Gasteiger partial charge on any atom is -0.354 e. The highest BCUT2D eigenvalue weighted by Crippen LogP contribution is 2.28. The van der Waals surface area contributed by atoms with Crippen molar-refractivity contribution in [2.24, 2.45) is 0 Å². The Hall–Kier alpha value is -3.68. The molecule has 0 radical (unpaired) electrons. The number of rotatable bonds is 13. The lowest BCUT2D eigenvalue weighted by Crippen LogP contribution is -2.50. The lowest BCUT2D eigenvalue weighted by molar-refractivity contribution is -0.141. The summed E-state index contributed by atoms with van der Waals surface area (Å²) < 4.78 is 0. The van der Waals surface area contributed by atoms with Gasteiger partial charge in [-0.25, -0.2) is 0 Å². The second-order valence-corrected chi connectivity index (χ2v) is 10.8. The average molecular weight is 595 g/mol. The Balaban J connectivity index is 1.57. The third kappa shape index (κ3) is 7.34. The van der Waals surface area contributed by atoms with Crippen molar-refractivity contribution < 1.29 is 19.2 Å². The summed E-state index contributed by atoms with van der Waals surface area (Å²) in [6.07, 6.45) is 2.29. The van der Waals surface area contributed by atoms with E-state index in [1.54, 1.807) is 42.5 Å². The number of unbranched alkanes of at least 4 members (excludes halogenated alkanes) is 1. The number of hydrogen-bond donors (Lipinski definition) is 1. The van der Waals surface area contributed by atoms with Crippen LogP contribution in [0.2, 0.25) is 10.0 Å². The molecule has 4 amide bonds. The fourth-order valence-corrected chi connectivity index (χ4v) is 5.41. The van der Waals surface area contributed by atoms with Crippen molar-refractivity contribution in [3.05, 3.63) is 105 Å². The zero-order valence-corrected chi connectivity index (χ0v) is 24.5. The SMILES string of the molecule is CCCCNC(=O)[C@H](Cc1ccccc1)N(Cc1c(Cl)cccc1Cl)C(=O)CCCN1C(=O)c2ccccc2C1=O. The second kappa shape index (κ2) is 14.3. The van der Waals surface area contributed by atoms with Gasteiger partial charge in [-0.15, -0.1) is 0 Å². The topological polar surface area (TPSA) is 86.8 Å². The zero-order chi connectivity index (χ0) is 29.4. The van der Waals surface area contributed by atoms with Gasteiger partial charge in [0, 0.05) is 48.1 Å². The number of benzene rings is 3. The first-order valence-electron chi connectivity index (χ1n) is 13.8. The van der Waals surface area contributed by atoms with Crippen LogP contribution in [0.3, 0.4) is 0 Å². The van der Waals surface area contributed by atoms with Gasteiger partial charge in [-0.2, -0.15) is 0 Å². The van der Waals surface area contributed by atoms with Crippen LogP contribution >= 0.6 is 23.2 Å². The van der Waals surface area contributed by atoms with Crippen LogP contribution in [0.1, 0.15) is 64.4 Å². The first kappa shape index (κ1) is 30.3. The molecule has 41 heavy (non-hydrogen) atoms. The summed E-state index contributed by atoms with van der Waals surface area (Å²) in [4.78, 5) is 55.7. The molecule has 1 N–H and O–H groups in total. The molecular formula is C32H33Cl2N3O4. The number of nitrogens with one attached hydrogen (secondary N) is 1. The van der Waals surface area contributed by atoms with Gasteiger partial charge in [-0.3, -0.25) is 24.1 Å². The van der Waals surface area contributed by atoms with E-state index < -0.39 is 6.04 Å². The van der Waals surface area contributed by atoms with Gasteiger partial charge >= 0.3 is 0 Å². The van der Waals surface area contributed by atoms with E-state index in [0.29, 0.717) is 39.7 Å². The minimum atomic E-state index is -0.826. The molecule has 1 atom stereocenters. The van der Waals surface area contributed by atoms with Crippen LogP contribution in [0, 0.1) is 0 Å². The van der Waals surface area contributed by atoms with Crippen molar-refractivity contribution in [1.82, 2.24) is 15.1 Å². The van der Waals surface area contributed by atoms with Crippen LogP contribution in [0.15, 0.2) is 72.8 Å². The smallest absolute Gasteiger partial charge is 0.261 e. The number of hydrogen-bond acceptors (Lipinski definition) is 4. The summed E-state index contributed by atoms with van der Waals surface area (Å²) in [5.41, 5.74) is 2.18. The number of halogens is 2. The van der Waals surface area contributed by atoms with Crippen molar-refractivity contribution in [3.8, 4) is 0 Å². The van der Waals surface area contributed by atoms with Crippen LogP contribution in [0.25, 0.3) is 0 Å². The first-order valence-corrected chi connectivity index (χ1v) is 14.6. The highest BCUT2D eigenvalue weighted by molar-refractivity contribution is 6.36. The summed E-state index contributed by atoms with van der Waals surface area (Å²) in [6, 6.07) is 20.5. The van der Waals surface area contributed by atoms with E-state index in [4.69, 9.17) is 23.2 Å². The molecule has 9 heteroatoms. The summed E-state index contributed by atoms with van der Waals surface area (Å²) >= 11 is 13.0.